The van der Waals surface area contributed by atoms with Crippen molar-refractivity contribution in [2.45, 2.75) is 38.9 Å². The maximum absolute atomic E-state index is 15.4. The molecule has 8 rings (SSSR count). The van der Waals surface area contributed by atoms with Gasteiger partial charge in [0.2, 0.25) is 0 Å². The van der Waals surface area contributed by atoms with E-state index in [1.54, 1.807) is 22.9 Å². The van der Waals surface area contributed by atoms with Crippen LogP contribution in [0.2, 0.25) is 0 Å². The molecule has 12 nitrogen and oxygen atoms in total. The highest BCUT2D eigenvalue weighted by atomic mass is 16.6. The number of likely N-dealkylation sites (N-methyl/N-ethyl adjacent to an activating group) is 1. The quantitative estimate of drug-likeness (QED) is 0.193. The molecule has 304 valence electrons. The van der Waals surface area contributed by atoms with Gasteiger partial charge in [0.15, 0.2) is 0 Å². The van der Waals surface area contributed by atoms with Crippen LogP contribution in [0, 0.1) is 6.92 Å². The van der Waals surface area contributed by atoms with E-state index in [2.05, 4.69) is 41.1 Å². The number of piperazine rings is 1. The third kappa shape index (κ3) is 8.10. The van der Waals surface area contributed by atoms with Gasteiger partial charge in [-0.15, -0.1) is 0 Å². The molecule has 3 aliphatic heterocycles. The van der Waals surface area contributed by atoms with Crippen LogP contribution in [0.4, 0.5) is 10.5 Å². The molecule has 0 unspecified atom stereocenters. The molecule has 0 aliphatic carbocycles. The van der Waals surface area contributed by atoms with Crippen molar-refractivity contribution in [2.24, 2.45) is 7.05 Å². The Labute approximate surface area is 344 Å². The number of rotatable bonds is 8. The second kappa shape index (κ2) is 16.6. The Balaban J connectivity index is 1.18. The third-order valence-corrected chi connectivity index (χ3v) is 12.3. The average Bonchev–Trinajstić information content (AvgIpc) is 3.55. The summed E-state index contributed by atoms with van der Waals surface area (Å²) in [5, 5.41) is 9.45. The summed E-state index contributed by atoms with van der Waals surface area (Å²) in [6.07, 6.45) is 0.653. The van der Waals surface area contributed by atoms with Crippen molar-refractivity contribution in [2.75, 3.05) is 58.3 Å². The van der Waals surface area contributed by atoms with Crippen LogP contribution in [-0.4, -0.2) is 113 Å². The van der Waals surface area contributed by atoms with E-state index >= 15 is 4.79 Å². The topological polar surface area (TPSA) is 119 Å². The predicted octanol–water partition coefficient (Wildman–Crippen LogP) is 6.35. The van der Waals surface area contributed by atoms with Gasteiger partial charge < -0.3 is 34.0 Å². The van der Waals surface area contributed by atoms with Crippen LogP contribution in [-0.2, 0) is 33.0 Å². The largest absolute Gasteiger partial charge is 0.478 e. The van der Waals surface area contributed by atoms with Crippen LogP contribution < -0.4 is 9.64 Å². The Hall–Kier alpha value is -6.24. The summed E-state index contributed by atoms with van der Waals surface area (Å²) in [6, 6.07) is 29.6. The second-order valence-electron chi connectivity index (χ2n) is 16.0. The number of aromatic nitrogens is 1. The number of nitrogens with zero attached hydrogens (tertiary/aromatic N) is 6. The number of anilines is 1. The summed E-state index contributed by atoms with van der Waals surface area (Å²) in [5.41, 5.74) is 8.34. The highest BCUT2D eigenvalue weighted by Gasteiger charge is 2.35. The van der Waals surface area contributed by atoms with E-state index in [-0.39, 0.29) is 35.7 Å². The fourth-order valence-corrected chi connectivity index (χ4v) is 8.61. The minimum Gasteiger partial charge on any atom is -0.478 e. The SMILES string of the molecule is Cc1c(C(=O)N(C)c2ccccc2)cc(-c2cc3c(cc2C(=O)N2Cc4ccccc4C[C@H]2CN2CCN(C)CC2)CN(C(=O)Oc2cccc(C(=O)O)c2)CC3)n1C. The van der Waals surface area contributed by atoms with E-state index in [1.807, 2.05) is 72.0 Å². The van der Waals surface area contributed by atoms with Gasteiger partial charge in [0.1, 0.15) is 5.75 Å². The first-order valence-electron chi connectivity index (χ1n) is 20.2. The number of fused-ring (bicyclic) bond motifs is 2. The number of carboxylic acid groups (broad SMARTS) is 1. The van der Waals surface area contributed by atoms with Gasteiger partial charge in [0.05, 0.1) is 11.1 Å². The molecule has 0 spiro atoms. The van der Waals surface area contributed by atoms with Crippen molar-refractivity contribution in [3.8, 4) is 17.0 Å². The minimum absolute atomic E-state index is 0.0220. The molecular weight excluding hydrogens is 745 g/mol. The summed E-state index contributed by atoms with van der Waals surface area (Å²) in [7, 11) is 5.84. The molecule has 12 heteroatoms. The number of para-hydroxylation sites is 1. The lowest BCUT2D eigenvalue weighted by molar-refractivity contribution is 0.0536. The van der Waals surface area contributed by atoms with Gasteiger partial charge in [-0.25, -0.2) is 9.59 Å². The first-order valence-corrected chi connectivity index (χ1v) is 20.2. The van der Waals surface area contributed by atoms with Crippen LogP contribution in [0.3, 0.4) is 0 Å². The van der Waals surface area contributed by atoms with Gasteiger partial charge in [0.25, 0.3) is 11.8 Å². The zero-order valence-electron chi connectivity index (χ0n) is 34.1. The van der Waals surface area contributed by atoms with Gasteiger partial charge in [-0.1, -0.05) is 48.5 Å². The number of amides is 3. The van der Waals surface area contributed by atoms with E-state index in [1.165, 1.54) is 23.8 Å². The van der Waals surface area contributed by atoms with Crippen molar-refractivity contribution in [1.29, 1.82) is 0 Å². The Morgan fingerprint density at radius 2 is 1.49 bits per heavy atom. The predicted molar refractivity (Wildman–Crippen MR) is 226 cm³/mol. The van der Waals surface area contributed by atoms with Crippen LogP contribution in [0.15, 0.2) is 97.1 Å². The van der Waals surface area contributed by atoms with E-state index in [0.717, 1.165) is 78.5 Å². The lowest BCUT2D eigenvalue weighted by atomic mass is 9.89. The maximum atomic E-state index is 15.4. The molecule has 3 amide bonds. The summed E-state index contributed by atoms with van der Waals surface area (Å²) in [6.45, 7) is 7.55. The van der Waals surface area contributed by atoms with Gasteiger partial charge in [-0.3, -0.25) is 14.5 Å². The zero-order valence-corrected chi connectivity index (χ0v) is 34.1. The molecule has 0 saturated carbocycles. The van der Waals surface area contributed by atoms with E-state index in [0.29, 0.717) is 30.6 Å². The van der Waals surface area contributed by atoms with Crippen molar-refractivity contribution in [3.05, 3.63) is 142 Å². The fraction of sp³-hybridized carbons (Fsp3) is 0.319. The standard InChI is InChI=1S/C47H50N6O6/c1-31-40(44(54)50(4)37-14-6-5-7-15-37)27-43(49(31)3)41-25-33-17-18-52(47(58)59-39-16-10-13-34(24-39)46(56)57)28-36(33)26-42(41)45(55)53-29-35-12-9-8-11-32(35)23-38(53)30-51-21-19-48(2)20-22-51/h5-16,24-27,38H,17-23,28-30H2,1-4H3,(H,56,57)/t38-/m0/s1. The number of benzene rings is 4. The van der Waals surface area contributed by atoms with Gasteiger partial charge in [-0.05, 0) is 97.6 Å². The number of hydrogen-bond donors (Lipinski definition) is 1. The summed E-state index contributed by atoms with van der Waals surface area (Å²) in [5.74, 6) is -1.22. The highest BCUT2D eigenvalue weighted by molar-refractivity contribution is 6.08. The molecule has 1 N–H and O–H groups in total. The molecule has 4 aromatic carbocycles. The summed E-state index contributed by atoms with van der Waals surface area (Å²) < 4.78 is 7.65. The van der Waals surface area contributed by atoms with Crippen LogP contribution in [0.5, 0.6) is 5.75 Å². The summed E-state index contributed by atoms with van der Waals surface area (Å²) >= 11 is 0. The maximum Gasteiger partial charge on any atom is 0.415 e. The molecule has 1 saturated heterocycles. The minimum atomic E-state index is -1.11. The van der Waals surface area contributed by atoms with Crippen LogP contribution >= 0.6 is 0 Å². The van der Waals surface area contributed by atoms with E-state index < -0.39 is 12.1 Å². The van der Waals surface area contributed by atoms with Crippen molar-refractivity contribution in [3.63, 3.8) is 0 Å². The third-order valence-electron chi connectivity index (χ3n) is 12.3. The monoisotopic (exact) mass is 794 g/mol. The Bertz CT molecular complexity index is 2420. The highest BCUT2D eigenvalue weighted by Crippen LogP contribution is 2.36. The van der Waals surface area contributed by atoms with E-state index in [9.17, 15) is 19.5 Å². The smallest absolute Gasteiger partial charge is 0.415 e. The molecule has 3 aliphatic rings. The molecule has 1 fully saturated rings. The Morgan fingerprint density at radius 3 is 2.24 bits per heavy atom. The molecule has 1 atom stereocenters. The van der Waals surface area contributed by atoms with Crippen LogP contribution in [0.25, 0.3) is 11.3 Å². The lowest BCUT2D eigenvalue weighted by Gasteiger charge is -2.42. The number of ether oxygens (including phenoxy) is 1. The van der Waals surface area contributed by atoms with Gasteiger partial charge in [-0.2, -0.15) is 0 Å². The lowest BCUT2D eigenvalue weighted by Crippen LogP contribution is -2.53. The Morgan fingerprint density at radius 1 is 0.763 bits per heavy atom. The number of carbonyl (C=O) groups is 4. The summed E-state index contributed by atoms with van der Waals surface area (Å²) in [4.78, 5) is 64.6. The molecule has 59 heavy (non-hydrogen) atoms. The molecule has 0 bridgehead atoms. The van der Waals surface area contributed by atoms with Crippen molar-refractivity contribution >= 4 is 29.6 Å². The number of carboxylic acids is 1. The Kier molecular flexibility index (Phi) is 11.1. The molecule has 5 aromatic rings. The van der Waals surface area contributed by atoms with Gasteiger partial charge >= 0.3 is 12.1 Å². The molecule has 0 radical (unpaired) electrons. The van der Waals surface area contributed by atoms with Crippen LogP contribution in [0.1, 0.15) is 59.0 Å². The second-order valence-corrected chi connectivity index (χ2v) is 16.0. The van der Waals surface area contributed by atoms with E-state index in [4.69, 9.17) is 4.74 Å². The molecule has 4 heterocycles. The number of hydrogen-bond acceptors (Lipinski definition) is 7. The molecule has 1 aromatic heterocycles. The van der Waals surface area contributed by atoms with Crippen molar-refractivity contribution < 1.29 is 29.0 Å². The number of carbonyl (C=O) groups excluding carboxylic acids is 3. The first kappa shape index (κ1) is 39.6. The molecular formula is C47H50N6O6. The fourth-order valence-electron chi connectivity index (χ4n) is 8.61. The first-order chi connectivity index (χ1) is 28.4. The normalized spacial score (nSPS) is 16.9. The van der Waals surface area contributed by atoms with Crippen molar-refractivity contribution in [1.82, 2.24) is 24.2 Å². The number of aromatic carboxylic acids is 1. The van der Waals surface area contributed by atoms with Gasteiger partial charge in [0, 0.05) is 101 Å². The average molecular weight is 795 g/mol. The zero-order chi connectivity index (χ0) is 41.4.